The van der Waals surface area contributed by atoms with Gasteiger partial charge in [0.15, 0.2) is 0 Å². The van der Waals surface area contributed by atoms with Gasteiger partial charge in [0.25, 0.3) is 0 Å². The minimum absolute atomic E-state index is 0.304. The van der Waals surface area contributed by atoms with Crippen molar-refractivity contribution in [2.24, 2.45) is 5.73 Å². The molecule has 0 radical (unpaired) electrons. The van der Waals surface area contributed by atoms with E-state index in [1.807, 2.05) is 12.1 Å². The summed E-state index contributed by atoms with van der Waals surface area (Å²) in [5.74, 6) is 0. The van der Waals surface area contributed by atoms with E-state index in [0.717, 1.165) is 24.2 Å². The third kappa shape index (κ3) is 3.59. The van der Waals surface area contributed by atoms with Gasteiger partial charge in [-0.25, -0.2) is 0 Å². The molecule has 116 valence electrons. The molecule has 0 aliphatic carbocycles. The van der Waals surface area contributed by atoms with E-state index in [1.54, 1.807) is 0 Å². The summed E-state index contributed by atoms with van der Waals surface area (Å²) < 4.78 is 0. The van der Waals surface area contributed by atoms with Gasteiger partial charge in [0, 0.05) is 36.7 Å². The molecule has 1 aromatic carbocycles. The van der Waals surface area contributed by atoms with Gasteiger partial charge in [-0.05, 0) is 50.0 Å². The van der Waals surface area contributed by atoms with Gasteiger partial charge < -0.3 is 5.73 Å². The Balaban J connectivity index is 1.65. The van der Waals surface area contributed by atoms with Crippen LogP contribution < -0.4 is 5.73 Å². The highest BCUT2D eigenvalue weighted by Crippen LogP contribution is 2.28. The number of nitrogens with zero attached hydrogens (tertiary/aromatic N) is 2. The second kappa shape index (κ2) is 7.10. The summed E-state index contributed by atoms with van der Waals surface area (Å²) >= 11 is 6.14. The number of likely N-dealkylation sites (tertiary alicyclic amines) is 2. The third-order valence-electron chi connectivity index (χ3n) is 5.00. The predicted octanol–water partition coefficient (Wildman–Crippen LogP) is 2.90. The monoisotopic (exact) mass is 307 g/mol. The van der Waals surface area contributed by atoms with Crippen LogP contribution in [-0.2, 0) is 0 Å². The molecular formula is C17H26ClN3. The molecule has 0 spiro atoms. The highest BCUT2D eigenvalue weighted by Gasteiger charge is 2.32. The van der Waals surface area contributed by atoms with E-state index in [2.05, 4.69) is 21.9 Å². The summed E-state index contributed by atoms with van der Waals surface area (Å²) in [7, 11) is 0. The molecule has 1 aromatic rings. The molecule has 2 unspecified atom stereocenters. The molecular weight excluding hydrogens is 282 g/mol. The Kier molecular flexibility index (Phi) is 5.17. The summed E-state index contributed by atoms with van der Waals surface area (Å²) in [5, 5.41) is 0.803. The Morgan fingerprint density at radius 2 is 2.00 bits per heavy atom. The summed E-state index contributed by atoms with van der Waals surface area (Å²) in [5.41, 5.74) is 7.31. The van der Waals surface area contributed by atoms with Crippen LogP contribution in [0.25, 0.3) is 0 Å². The minimum atomic E-state index is 0.304. The second-order valence-electron chi connectivity index (χ2n) is 6.34. The Labute approximate surface area is 133 Å². The van der Waals surface area contributed by atoms with E-state index in [4.69, 9.17) is 17.3 Å². The van der Waals surface area contributed by atoms with E-state index in [1.165, 1.54) is 44.3 Å². The van der Waals surface area contributed by atoms with Gasteiger partial charge in [0.05, 0.1) is 0 Å². The smallest absolute Gasteiger partial charge is 0.0471 e. The molecule has 2 N–H and O–H groups in total. The van der Waals surface area contributed by atoms with E-state index < -0.39 is 0 Å². The molecule has 2 aliphatic heterocycles. The van der Waals surface area contributed by atoms with Crippen molar-refractivity contribution in [3.05, 3.63) is 34.9 Å². The first-order valence-corrected chi connectivity index (χ1v) is 8.59. The fraction of sp³-hybridized carbons (Fsp3) is 0.647. The number of hydrogen-bond donors (Lipinski definition) is 1. The van der Waals surface area contributed by atoms with Crippen molar-refractivity contribution in [3.8, 4) is 0 Å². The van der Waals surface area contributed by atoms with Crippen molar-refractivity contribution in [3.63, 3.8) is 0 Å². The van der Waals surface area contributed by atoms with Crippen molar-refractivity contribution < 1.29 is 0 Å². The molecule has 0 amide bonds. The topological polar surface area (TPSA) is 32.5 Å². The van der Waals surface area contributed by atoms with Crippen molar-refractivity contribution in [1.29, 1.82) is 0 Å². The standard InChI is InChI=1S/C17H26ClN3/c18-15-6-4-5-14(11-15)17(12-19)21-10-7-16(13-21)20-8-2-1-3-9-20/h4-6,11,16-17H,1-3,7-10,12-13,19H2. The fourth-order valence-electron chi connectivity index (χ4n) is 3.84. The average molecular weight is 308 g/mol. The molecule has 2 heterocycles. The fourth-order valence-corrected chi connectivity index (χ4v) is 4.04. The lowest BCUT2D eigenvalue weighted by atomic mass is 10.1. The predicted molar refractivity (Wildman–Crippen MR) is 88.6 cm³/mol. The van der Waals surface area contributed by atoms with Gasteiger partial charge in [-0.3, -0.25) is 9.80 Å². The number of nitrogens with two attached hydrogens (primary N) is 1. The number of hydrogen-bond acceptors (Lipinski definition) is 3. The van der Waals surface area contributed by atoms with Gasteiger partial charge in [0.1, 0.15) is 0 Å². The van der Waals surface area contributed by atoms with Crippen LogP contribution in [0.2, 0.25) is 5.02 Å². The maximum atomic E-state index is 6.14. The van der Waals surface area contributed by atoms with Crippen LogP contribution in [0, 0.1) is 0 Å². The first kappa shape index (κ1) is 15.3. The van der Waals surface area contributed by atoms with Gasteiger partial charge in [-0.2, -0.15) is 0 Å². The van der Waals surface area contributed by atoms with E-state index in [-0.39, 0.29) is 0 Å². The molecule has 4 heteroatoms. The van der Waals surface area contributed by atoms with Crippen LogP contribution >= 0.6 is 11.6 Å². The zero-order valence-electron chi connectivity index (χ0n) is 12.7. The molecule has 0 saturated carbocycles. The summed E-state index contributed by atoms with van der Waals surface area (Å²) in [4.78, 5) is 5.24. The number of rotatable bonds is 4. The van der Waals surface area contributed by atoms with Crippen molar-refractivity contribution in [2.75, 3.05) is 32.7 Å². The van der Waals surface area contributed by atoms with Crippen LogP contribution in [0.5, 0.6) is 0 Å². The number of halogens is 1. The highest BCUT2D eigenvalue weighted by molar-refractivity contribution is 6.30. The zero-order valence-corrected chi connectivity index (χ0v) is 13.4. The first-order chi connectivity index (χ1) is 10.3. The van der Waals surface area contributed by atoms with E-state index in [0.29, 0.717) is 12.6 Å². The van der Waals surface area contributed by atoms with Gasteiger partial charge >= 0.3 is 0 Å². The normalized spacial score (nSPS) is 26.1. The lowest BCUT2D eigenvalue weighted by Gasteiger charge is -2.33. The number of benzene rings is 1. The zero-order chi connectivity index (χ0) is 14.7. The quantitative estimate of drug-likeness (QED) is 0.928. The molecule has 2 saturated heterocycles. The lowest BCUT2D eigenvalue weighted by molar-refractivity contribution is 0.153. The molecule has 0 aromatic heterocycles. The Morgan fingerprint density at radius 1 is 1.19 bits per heavy atom. The molecule has 2 aliphatic rings. The minimum Gasteiger partial charge on any atom is -0.329 e. The average Bonchev–Trinajstić information content (AvgIpc) is 2.99. The van der Waals surface area contributed by atoms with Crippen molar-refractivity contribution >= 4 is 11.6 Å². The summed E-state index contributed by atoms with van der Waals surface area (Å²) in [6.45, 7) is 5.52. The lowest BCUT2D eigenvalue weighted by Crippen LogP contribution is -2.42. The highest BCUT2D eigenvalue weighted by atomic mass is 35.5. The molecule has 2 atom stereocenters. The number of piperidine rings is 1. The van der Waals surface area contributed by atoms with Gasteiger partial charge in [0.2, 0.25) is 0 Å². The Hall–Kier alpha value is -0.610. The summed E-state index contributed by atoms with van der Waals surface area (Å²) in [6, 6.07) is 9.19. The van der Waals surface area contributed by atoms with Crippen LogP contribution in [-0.4, -0.2) is 48.6 Å². The Morgan fingerprint density at radius 3 is 2.71 bits per heavy atom. The second-order valence-corrected chi connectivity index (χ2v) is 6.78. The maximum Gasteiger partial charge on any atom is 0.0471 e. The van der Waals surface area contributed by atoms with Crippen LogP contribution in [0.4, 0.5) is 0 Å². The van der Waals surface area contributed by atoms with Gasteiger partial charge in [-0.1, -0.05) is 30.2 Å². The van der Waals surface area contributed by atoms with Crippen molar-refractivity contribution in [1.82, 2.24) is 9.80 Å². The van der Waals surface area contributed by atoms with Crippen LogP contribution in [0.3, 0.4) is 0 Å². The van der Waals surface area contributed by atoms with Crippen molar-refractivity contribution in [2.45, 2.75) is 37.8 Å². The largest absolute Gasteiger partial charge is 0.329 e. The maximum absolute atomic E-state index is 6.14. The SMILES string of the molecule is NCC(c1cccc(Cl)c1)N1CCC(N2CCCCC2)C1. The first-order valence-electron chi connectivity index (χ1n) is 8.21. The molecule has 3 rings (SSSR count). The van der Waals surface area contributed by atoms with E-state index in [9.17, 15) is 0 Å². The van der Waals surface area contributed by atoms with Crippen LogP contribution in [0.15, 0.2) is 24.3 Å². The molecule has 0 bridgehead atoms. The molecule has 2 fully saturated rings. The Bertz CT molecular complexity index is 459. The summed E-state index contributed by atoms with van der Waals surface area (Å²) in [6.07, 6.45) is 5.41. The van der Waals surface area contributed by atoms with Crippen LogP contribution in [0.1, 0.15) is 37.3 Å². The van der Waals surface area contributed by atoms with E-state index >= 15 is 0 Å². The third-order valence-corrected chi connectivity index (χ3v) is 5.23. The van der Waals surface area contributed by atoms with Gasteiger partial charge in [-0.15, -0.1) is 0 Å². The molecule has 3 nitrogen and oxygen atoms in total. The molecule has 21 heavy (non-hydrogen) atoms.